The molecule has 2 N–H and O–H groups in total. The number of methoxy groups -OCH3 is 1. The summed E-state index contributed by atoms with van der Waals surface area (Å²) in [5, 5.41) is 11.7. The molecule has 0 aromatic heterocycles. The summed E-state index contributed by atoms with van der Waals surface area (Å²) in [6.07, 6.45) is 5.48. The summed E-state index contributed by atoms with van der Waals surface area (Å²) in [6, 6.07) is 0.0105. The molecule has 2 amide bonds. The molecule has 0 aliphatic carbocycles. The Balaban J connectivity index is 2.32. The molecular formula is C14H26N2O4. The molecule has 0 spiro atoms. The standard InChI is InChI=1S/C14H26N2O4/c1-20-11-5-3-9-15-14(19)16-10-4-2-6-12(16)7-8-13(17)18/h12H,2-11H2,1H3,(H,15,19)(H,17,18). The molecule has 1 unspecified atom stereocenters. The zero-order valence-electron chi connectivity index (χ0n) is 12.3. The molecule has 6 heteroatoms. The number of hydrogen-bond donors (Lipinski definition) is 2. The van der Waals surface area contributed by atoms with E-state index in [1.54, 1.807) is 7.11 Å². The number of hydrogen-bond acceptors (Lipinski definition) is 3. The molecule has 6 nitrogen and oxygen atoms in total. The average molecular weight is 286 g/mol. The molecule has 0 aromatic carbocycles. The molecule has 1 aliphatic rings. The van der Waals surface area contributed by atoms with E-state index < -0.39 is 5.97 Å². The van der Waals surface area contributed by atoms with E-state index in [1.165, 1.54) is 0 Å². The predicted octanol–water partition coefficient (Wildman–Crippen LogP) is 1.84. The number of amides is 2. The second-order valence-corrected chi connectivity index (χ2v) is 5.21. The minimum atomic E-state index is -0.796. The maximum absolute atomic E-state index is 12.1. The highest BCUT2D eigenvalue weighted by Crippen LogP contribution is 2.20. The minimum Gasteiger partial charge on any atom is -0.481 e. The van der Waals surface area contributed by atoms with E-state index in [4.69, 9.17) is 9.84 Å². The minimum absolute atomic E-state index is 0.0579. The van der Waals surface area contributed by atoms with Crippen molar-refractivity contribution in [3.05, 3.63) is 0 Å². The maximum atomic E-state index is 12.1. The van der Waals surface area contributed by atoms with E-state index >= 15 is 0 Å². The van der Waals surface area contributed by atoms with Gasteiger partial charge in [-0.05, 0) is 38.5 Å². The van der Waals surface area contributed by atoms with Crippen LogP contribution in [0.25, 0.3) is 0 Å². The highest BCUT2D eigenvalue weighted by molar-refractivity contribution is 5.74. The van der Waals surface area contributed by atoms with Gasteiger partial charge in [-0.15, -0.1) is 0 Å². The van der Waals surface area contributed by atoms with Crippen molar-refractivity contribution in [1.29, 1.82) is 0 Å². The highest BCUT2D eigenvalue weighted by atomic mass is 16.5. The van der Waals surface area contributed by atoms with Crippen LogP contribution in [-0.2, 0) is 9.53 Å². The van der Waals surface area contributed by atoms with Crippen LogP contribution in [0.5, 0.6) is 0 Å². The van der Waals surface area contributed by atoms with Crippen molar-refractivity contribution in [1.82, 2.24) is 10.2 Å². The van der Waals surface area contributed by atoms with Crippen molar-refractivity contribution >= 4 is 12.0 Å². The lowest BCUT2D eigenvalue weighted by Gasteiger charge is -2.35. The van der Waals surface area contributed by atoms with Crippen LogP contribution < -0.4 is 5.32 Å². The van der Waals surface area contributed by atoms with Gasteiger partial charge in [0.05, 0.1) is 0 Å². The zero-order valence-corrected chi connectivity index (χ0v) is 12.3. The summed E-state index contributed by atoms with van der Waals surface area (Å²) in [4.78, 5) is 24.6. The smallest absolute Gasteiger partial charge is 0.317 e. The molecule has 116 valence electrons. The van der Waals surface area contributed by atoms with Crippen molar-refractivity contribution in [2.75, 3.05) is 26.8 Å². The quantitative estimate of drug-likeness (QED) is 0.667. The largest absolute Gasteiger partial charge is 0.481 e. The van der Waals surface area contributed by atoms with Crippen LogP contribution >= 0.6 is 0 Å². The highest BCUT2D eigenvalue weighted by Gasteiger charge is 2.26. The molecule has 1 heterocycles. The fraction of sp³-hybridized carbons (Fsp3) is 0.857. The average Bonchev–Trinajstić information content (AvgIpc) is 2.45. The first-order valence-corrected chi connectivity index (χ1v) is 7.40. The van der Waals surface area contributed by atoms with E-state index in [1.807, 2.05) is 4.90 Å². The number of aliphatic carboxylic acids is 1. The number of nitrogens with zero attached hydrogens (tertiary/aromatic N) is 1. The van der Waals surface area contributed by atoms with Crippen LogP contribution in [0, 0.1) is 0 Å². The molecule has 0 bridgehead atoms. The predicted molar refractivity (Wildman–Crippen MR) is 75.7 cm³/mol. The van der Waals surface area contributed by atoms with Crippen molar-refractivity contribution in [3.8, 4) is 0 Å². The summed E-state index contributed by atoms with van der Waals surface area (Å²) in [5.41, 5.74) is 0. The summed E-state index contributed by atoms with van der Waals surface area (Å²) in [6.45, 7) is 2.08. The lowest BCUT2D eigenvalue weighted by atomic mass is 9.98. The fourth-order valence-corrected chi connectivity index (χ4v) is 2.53. The third-order valence-corrected chi connectivity index (χ3v) is 3.63. The number of ether oxygens (including phenoxy) is 1. The topological polar surface area (TPSA) is 78.9 Å². The van der Waals surface area contributed by atoms with Crippen LogP contribution in [0.2, 0.25) is 0 Å². The molecule has 1 aliphatic heterocycles. The first-order chi connectivity index (χ1) is 9.65. The van der Waals surface area contributed by atoms with Gasteiger partial charge in [0.1, 0.15) is 0 Å². The molecule has 0 saturated carbocycles. The van der Waals surface area contributed by atoms with Crippen LogP contribution in [-0.4, -0.2) is 54.9 Å². The van der Waals surface area contributed by atoms with Gasteiger partial charge in [0, 0.05) is 39.3 Å². The first kappa shape index (κ1) is 16.8. The van der Waals surface area contributed by atoms with E-state index in [-0.39, 0.29) is 18.5 Å². The molecular weight excluding hydrogens is 260 g/mol. The van der Waals surface area contributed by atoms with Gasteiger partial charge in [-0.1, -0.05) is 0 Å². The van der Waals surface area contributed by atoms with Crippen LogP contribution in [0.1, 0.15) is 44.9 Å². The lowest BCUT2D eigenvalue weighted by Crippen LogP contribution is -2.49. The summed E-state index contributed by atoms with van der Waals surface area (Å²) >= 11 is 0. The Morgan fingerprint density at radius 1 is 1.35 bits per heavy atom. The summed E-state index contributed by atoms with van der Waals surface area (Å²) in [5.74, 6) is -0.796. The number of carbonyl (C=O) groups is 2. The molecule has 20 heavy (non-hydrogen) atoms. The van der Waals surface area contributed by atoms with Crippen molar-refractivity contribution in [2.24, 2.45) is 0 Å². The third-order valence-electron chi connectivity index (χ3n) is 3.63. The van der Waals surface area contributed by atoms with Gasteiger partial charge in [-0.3, -0.25) is 4.79 Å². The van der Waals surface area contributed by atoms with Gasteiger partial charge >= 0.3 is 12.0 Å². The number of carboxylic acids is 1. The molecule has 1 atom stereocenters. The number of piperidine rings is 1. The summed E-state index contributed by atoms with van der Waals surface area (Å²) < 4.78 is 4.96. The first-order valence-electron chi connectivity index (χ1n) is 7.40. The Bertz CT molecular complexity index is 310. The number of likely N-dealkylation sites (tertiary alicyclic amines) is 1. The Labute approximate surface area is 120 Å². The van der Waals surface area contributed by atoms with Gasteiger partial charge < -0.3 is 20.1 Å². The zero-order chi connectivity index (χ0) is 14.8. The van der Waals surface area contributed by atoms with Crippen molar-refractivity contribution < 1.29 is 19.4 Å². The lowest BCUT2D eigenvalue weighted by molar-refractivity contribution is -0.137. The van der Waals surface area contributed by atoms with E-state index in [0.29, 0.717) is 19.6 Å². The van der Waals surface area contributed by atoms with Gasteiger partial charge in [0.15, 0.2) is 0 Å². The second kappa shape index (κ2) is 9.58. The monoisotopic (exact) mass is 286 g/mol. The van der Waals surface area contributed by atoms with Crippen LogP contribution in [0.4, 0.5) is 4.79 Å². The van der Waals surface area contributed by atoms with E-state index in [0.717, 1.165) is 38.6 Å². The number of urea groups is 1. The fourth-order valence-electron chi connectivity index (χ4n) is 2.53. The van der Waals surface area contributed by atoms with Gasteiger partial charge in [0.2, 0.25) is 0 Å². The molecule has 0 aromatic rings. The molecule has 1 fully saturated rings. The van der Waals surface area contributed by atoms with Crippen LogP contribution in [0.3, 0.4) is 0 Å². The van der Waals surface area contributed by atoms with Gasteiger partial charge in [-0.25, -0.2) is 4.79 Å². The SMILES string of the molecule is COCCCCNC(=O)N1CCCCC1CCC(=O)O. The third kappa shape index (κ3) is 6.23. The number of rotatable bonds is 8. The number of carboxylic acid groups (broad SMARTS) is 1. The number of carbonyl (C=O) groups excluding carboxylic acids is 1. The summed E-state index contributed by atoms with van der Waals surface area (Å²) in [7, 11) is 1.67. The second-order valence-electron chi connectivity index (χ2n) is 5.21. The molecule has 1 saturated heterocycles. The molecule has 1 rings (SSSR count). The Morgan fingerprint density at radius 2 is 2.15 bits per heavy atom. The Morgan fingerprint density at radius 3 is 2.85 bits per heavy atom. The molecule has 0 radical (unpaired) electrons. The Kier molecular flexibility index (Phi) is 8.02. The normalized spacial score (nSPS) is 18.9. The van der Waals surface area contributed by atoms with Gasteiger partial charge in [0.25, 0.3) is 0 Å². The maximum Gasteiger partial charge on any atom is 0.317 e. The van der Waals surface area contributed by atoms with E-state index in [2.05, 4.69) is 5.32 Å². The van der Waals surface area contributed by atoms with Crippen molar-refractivity contribution in [3.63, 3.8) is 0 Å². The van der Waals surface area contributed by atoms with Crippen LogP contribution in [0.15, 0.2) is 0 Å². The van der Waals surface area contributed by atoms with E-state index in [9.17, 15) is 9.59 Å². The number of unbranched alkanes of at least 4 members (excludes halogenated alkanes) is 1. The van der Waals surface area contributed by atoms with Gasteiger partial charge in [-0.2, -0.15) is 0 Å². The number of nitrogens with one attached hydrogen (secondary N) is 1. The van der Waals surface area contributed by atoms with Crippen molar-refractivity contribution in [2.45, 2.75) is 51.0 Å². The Hall–Kier alpha value is -1.30.